The fraction of sp³-hybridized carbons (Fsp3) is 0.176. The van der Waals surface area contributed by atoms with Gasteiger partial charge in [0.15, 0.2) is 6.61 Å². The average molecular weight is 370 g/mol. The van der Waals surface area contributed by atoms with Gasteiger partial charge < -0.3 is 10.1 Å². The summed E-state index contributed by atoms with van der Waals surface area (Å²) >= 11 is 11.4. The van der Waals surface area contributed by atoms with Crippen molar-refractivity contribution in [3.8, 4) is 0 Å². The minimum Gasteiger partial charge on any atom is -0.455 e. The molecule has 4 nitrogen and oxygen atoms in total. The number of esters is 1. The standard InChI is InChI=1S/C17H14Cl2FNO3/c18-13-4-1-11(2-5-13)8-17(23)24-10-16(22)21-9-12-3-6-15(20)14(19)7-12/h1-7H,8-10H2,(H,21,22). The molecule has 1 N–H and O–H groups in total. The molecule has 0 spiro atoms. The van der Waals surface area contributed by atoms with Crippen molar-refractivity contribution in [1.29, 1.82) is 0 Å². The molecule has 24 heavy (non-hydrogen) atoms. The Morgan fingerprint density at radius 2 is 1.71 bits per heavy atom. The fourth-order valence-corrected chi connectivity index (χ4v) is 2.20. The van der Waals surface area contributed by atoms with Crippen LogP contribution in [0.25, 0.3) is 0 Å². The molecule has 0 heterocycles. The Labute approximate surface area is 148 Å². The number of carbonyl (C=O) groups excluding carboxylic acids is 2. The maximum absolute atomic E-state index is 13.0. The molecule has 0 aliphatic heterocycles. The quantitative estimate of drug-likeness (QED) is 0.792. The number of carbonyl (C=O) groups is 2. The Morgan fingerprint density at radius 3 is 2.38 bits per heavy atom. The summed E-state index contributed by atoms with van der Waals surface area (Å²) in [4.78, 5) is 23.3. The molecule has 0 aliphatic carbocycles. The molecule has 7 heteroatoms. The van der Waals surface area contributed by atoms with Crippen LogP contribution in [0.4, 0.5) is 4.39 Å². The van der Waals surface area contributed by atoms with Crippen LogP contribution in [0, 0.1) is 5.82 Å². The van der Waals surface area contributed by atoms with Gasteiger partial charge in [-0.25, -0.2) is 4.39 Å². The number of benzene rings is 2. The third-order valence-electron chi connectivity index (χ3n) is 3.10. The molecule has 0 fully saturated rings. The van der Waals surface area contributed by atoms with E-state index in [-0.39, 0.29) is 24.6 Å². The van der Waals surface area contributed by atoms with Crippen LogP contribution in [0.15, 0.2) is 42.5 Å². The van der Waals surface area contributed by atoms with Crippen molar-refractivity contribution in [3.63, 3.8) is 0 Å². The van der Waals surface area contributed by atoms with Crippen molar-refractivity contribution >= 4 is 35.1 Å². The summed E-state index contributed by atoms with van der Waals surface area (Å²) in [6.45, 7) is -0.227. The first kappa shape index (κ1) is 18.2. The van der Waals surface area contributed by atoms with Gasteiger partial charge in [0.1, 0.15) is 5.82 Å². The molecule has 2 rings (SSSR count). The van der Waals surface area contributed by atoms with E-state index in [1.807, 2.05) is 0 Å². The zero-order chi connectivity index (χ0) is 17.5. The summed E-state index contributed by atoms with van der Waals surface area (Å²) in [5, 5.41) is 3.12. The molecular weight excluding hydrogens is 356 g/mol. The molecule has 1 amide bonds. The van der Waals surface area contributed by atoms with E-state index in [4.69, 9.17) is 27.9 Å². The Kier molecular flexibility index (Phi) is 6.58. The third-order valence-corrected chi connectivity index (χ3v) is 3.64. The van der Waals surface area contributed by atoms with E-state index in [1.54, 1.807) is 24.3 Å². The van der Waals surface area contributed by atoms with Crippen LogP contribution >= 0.6 is 23.2 Å². The monoisotopic (exact) mass is 369 g/mol. The summed E-state index contributed by atoms with van der Waals surface area (Å²) in [7, 11) is 0. The number of ether oxygens (including phenoxy) is 1. The smallest absolute Gasteiger partial charge is 0.310 e. The molecule has 0 unspecified atom stereocenters. The van der Waals surface area contributed by atoms with Crippen LogP contribution in [0.1, 0.15) is 11.1 Å². The van der Waals surface area contributed by atoms with Crippen LogP contribution < -0.4 is 5.32 Å². The van der Waals surface area contributed by atoms with Gasteiger partial charge in [-0.05, 0) is 35.4 Å². The van der Waals surface area contributed by atoms with E-state index in [0.29, 0.717) is 10.6 Å². The van der Waals surface area contributed by atoms with E-state index in [2.05, 4.69) is 5.32 Å². The number of amides is 1. The van der Waals surface area contributed by atoms with E-state index >= 15 is 0 Å². The Hall–Kier alpha value is -2.11. The summed E-state index contributed by atoms with van der Waals surface area (Å²) < 4.78 is 17.9. The van der Waals surface area contributed by atoms with Crippen LogP contribution in [-0.4, -0.2) is 18.5 Å². The van der Waals surface area contributed by atoms with Crippen LogP contribution in [0.5, 0.6) is 0 Å². The van der Waals surface area contributed by atoms with Gasteiger partial charge in [-0.1, -0.05) is 41.4 Å². The topological polar surface area (TPSA) is 55.4 Å². The highest BCUT2D eigenvalue weighted by molar-refractivity contribution is 6.31. The molecule has 0 radical (unpaired) electrons. The van der Waals surface area contributed by atoms with Crippen molar-refractivity contribution in [1.82, 2.24) is 5.32 Å². The number of nitrogens with one attached hydrogen (secondary N) is 1. The summed E-state index contributed by atoms with van der Waals surface area (Å²) in [5.41, 5.74) is 1.38. The second-order valence-electron chi connectivity index (χ2n) is 4.99. The molecule has 0 saturated carbocycles. The van der Waals surface area contributed by atoms with Gasteiger partial charge in [0.25, 0.3) is 5.91 Å². The summed E-state index contributed by atoms with van der Waals surface area (Å²) in [6, 6.07) is 10.9. The van der Waals surface area contributed by atoms with E-state index in [0.717, 1.165) is 5.56 Å². The predicted octanol–water partition coefficient (Wildman–Crippen LogP) is 3.53. The van der Waals surface area contributed by atoms with Crippen molar-refractivity contribution < 1.29 is 18.7 Å². The van der Waals surface area contributed by atoms with Crippen LogP contribution in [-0.2, 0) is 27.3 Å². The van der Waals surface area contributed by atoms with Gasteiger partial charge in [0.2, 0.25) is 0 Å². The van der Waals surface area contributed by atoms with Gasteiger partial charge in [-0.15, -0.1) is 0 Å². The zero-order valence-electron chi connectivity index (χ0n) is 12.5. The van der Waals surface area contributed by atoms with Gasteiger partial charge in [-0.3, -0.25) is 9.59 Å². The highest BCUT2D eigenvalue weighted by Crippen LogP contribution is 2.15. The van der Waals surface area contributed by atoms with Gasteiger partial charge in [0.05, 0.1) is 11.4 Å². The molecule has 0 aliphatic rings. The Morgan fingerprint density at radius 1 is 1.04 bits per heavy atom. The summed E-state index contributed by atoms with van der Waals surface area (Å²) in [5.74, 6) is -1.50. The van der Waals surface area contributed by atoms with Crippen molar-refractivity contribution in [2.75, 3.05) is 6.61 Å². The van der Waals surface area contributed by atoms with E-state index in [9.17, 15) is 14.0 Å². The third kappa shape index (κ3) is 5.83. The second kappa shape index (κ2) is 8.66. The maximum atomic E-state index is 13.0. The van der Waals surface area contributed by atoms with Crippen molar-refractivity contribution in [3.05, 3.63) is 69.5 Å². The summed E-state index contributed by atoms with van der Waals surface area (Å²) in [6.07, 6.45) is 0.0536. The first-order valence-corrected chi connectivity index (χ1v) is 7.80. The lowest BCUT2D eigenvalue weighted by molar-refractivity contribution is -0.147. The van der Waals surface area contributed by atoms with Crippen LogP contribution in [0.3, 0.4) is 0 Å². The molecule has 0 bridgehead atoms. The largest absolute Gasteiger partial charge is 0.455 e. The highest BCUT2D eigenvalue weighted by Gasteiger charge is 2.09. The molecule has 126 valence electrons. The first-order chi connectivity index (χ1) is 11.4. The molecule has 0 saturated heterocycles. The minimum absolute atomic E-state index is 0.0175. The van der Waals surface area contributed by atoms with Gasteiger partial charge in [0, 0.05) is 11.6 Å². The number of hydrogen-bond donors (Lipinski definition) is 1. The number of halogens is 3. The molecular formula is C17H14Cl2FNO3. The SMILES string of the molecule is O=C(COC(=O)Cc1ccc(Cl)cc1)NCc1ccc(F)c(Cl)c1. The minimum atomic E-state index is -0.525. The number of hydrogen-bond acceptors (Lipinski definition) is 3. The molecule has 2 aromatic rings. The Bertz CT molecular complexity index is 735. The van der Waals surface area contributed by atoms with Crippen molar-refractivity contribution in [2.45, 2.75) is 13.0 Å². The normalized spacial score (nSPS) is 10.3. The molecule has 2 aromatic carbocycles. The van der Waals surface area contributed by atoms with E-state index in [1.165, 1.54) is 18.2 Å². The first-order valence-electron chi connectivity index (χ1n) is 7.05. The molecule has 0 aromatic heterocycles. The average Bonchev–Trinajstić information content (AvgIpc) is 2.56. The second-order valence-corrected chi connectivity index (χ2v) is 5.83. The van der Waals surface area contributed by atoms with Gasteiger partial charge >= 0.3 is 5.97 Å². The lowest BCUT2D eigenvalue weighted by atomic mass is 10.1. The predicted molar refractivity (Wildman–Crippen MR) is 89.4 cm³/mol. The zero-order valence-corrected chi connectivity index (χ0v) is 14.0. The lowest BCUT2D eigenvalue weighted by Gasteiger charge is -2.07. The molecule has 0 atom stereocenters. The maximum Gasteiger partial charge on any atom is 0.310 e. The van der Waals surface area contributed by atoms with E-state index < -0.39 is 17.7 Å². The number of rotatable bonds is 6. The Balaban J connectivity index is 1.73. The van der Waals surface area contributed by atoms with Gasteiger partial charge in [-0.2, -0.15) is 0 Å². The van der Waals surface area contributed by atoms with Crippen LogP contribution in [0.2, 0.25) is 10.0 Å². The fourth-order valence-electron chi connectivity index (χ4n) is 1.87. The highest BCUT2D eigenvalue weighted by atomic mass is 35.5. The van der Waals surface area contributed by atoms with Crippen molar-refractivity contribution in [2.24, 2.45) is 0 Å². The lowest BCUT2D eigenvalue weighted by Crippen LogP contribution is -2.28.